The van der Waals surface area contributed by atoms with Crippen LogP contribution in [0.5, 0.6) is 0 Å². The van der Waals surface area contributed by atoms with Crippen molar-refractivity contribution in [2.24, 2.45) is 0 Å². The minimum Gasteiger partial charge on any atom is -0.0582 e. The molecular formula is C17H26. The molecule has 0 radical (unpaired) electrons. The molecule has 0 nitrogen and oxygen atoms in total. The van der Waals surface area contributed by atoms with Gasteiger partial charge in [0.05, 0.1) is 0 Å². The molecule has 0 fully saturated rings. The van der Waals surface area contributed by atoms with Crippen LogP contribution in [0, 0.1) is 0 Å². The molecule has 1 aromatic rings. The third-order valence-electron chi connectivity index (χ3n) is 4.23. The van der Waals surface area contributed by atoms with E-state index in [-0.39, 0.29) is 5.41 Å². The largest absolute Gasteiger partial charge is 0.0582 e. The van der Waals surface area contributed by atoms with Crippen molar-refractivity contribution in [1.82, 2.24) is 0 Å². The predicted octanol–water partition coefficient (Wildman–Crippen LogP) is 4.94. The van der Waals surface area contributed by atoms with Crippen molar-refractivity contribution in [3.8, 4) is 0 Å². The Morgan fingerprint density at radius 3 is 1.94 bits per heavy atom. The van der Waals surface area contributed by atoms with Gasteiger partial charge in [-0.25, -0.2) is 0 Å². The Bertz CT molecular complexity index is 442. The number of rotatable bonds is 0. The van der Waals surface area contributed by atoms with Gasteiger partial charge in [0.15, 0.2) is 0 Å². The first-order valence-corrected chi connectivity index (χ1v) is 6.70. The Balaban J connectivity index is 2.61. The monoisotopic (exact) mass is 230 g/mol. The van der Waals surface area contributed by atoms with Crippen LogP contribution in [0.15, 0.2) is 18.2 Å². The van der Waals surface area contributed by atoms with Gasteiger partial charge in [-0.05, 0) is 39.4 Å². The predicted molar refractivity (Wildman–Crippen MR) is 75.8 cm³/mol. The van der Waals surface area contributed by atoms with Gasteiger partial charge in [-0.15, -0.1) is 0 Å². The molecule has 0 heterocycles. The van der Waals surface area contributed by atoms with E-state index < -0.39 is 0 Å². The topological polar surface area (TPSA) is 0 Å². The van der Waals surface area contributed by atoms with Gasteiger partial charge in [0, 0.05) is 0 Å². The third-order valence-corrected chi connectivity index (χ3v) is 4.23. The van der Waals surface area contributed by atoms with Gasteiger partial charge < -0.3 is 0 Å². The van der Waals surface area contributed by atoms with E-state index >= 15 is 0 Å². The summed E-state index contributed by atoms with van der Waals surface area (Å²) in [4.78, 5) is 0. The van der Waals surface area contributed by atoms with Crippen molar-refractivity contribution in [3.63, 3.8) is 0 Å². The standard InChI is InChI=1S/C17H26/c1-15(2,3)12-8-9-13-14(10-12)17(6,7)11-16(13,4)5/h8-10H,11H2,1-7H3. The SMILES string of the molecule is CC(C)(C)c1ccc2c(c1)C(C)(C)CC2(C)C. The molecular weight excluding hydrogens is 204 g/mol. The molecule has 0 N–H and O–H groups in total. The summed E-state index contributed by atoms with van der Waals surface area (Å²) in [6.45, 7) is 16.4. The van der Waals surface area contributed by atoms with E-state index in [2.05, 4.69) is 66.7 Å². The summed E-state index contributed by atoms with van der Waals surface area (Å²) < 4.78 is 0. The van der Waals surface area contributed by atoms with E-state index in [1.54, 1.807) is 11.1 Å². The third kappa shape index (κ3) is 2.03. The summed E-state index contributed by atoms with van der Waals surface area (Å²) in [5.41, 5.74) is 5.47. The van der Waals surface area contributed by atoms with Gasteiger partial charge in [-0.3, -0.25) is 0 Å². The van der Waals surface area contributed by atoms with Crippen LogP contribution in [0.2, 0.25) is 0 Å². The zero-order valence-corrected chi connectivity index (χ0v) is 12.4. The van der Waals surface area contributed by atoms with Crippen LogP contribution in [0.3, 0.4) is 0 Å². The fraction of sp³-hybridized carbons (Fsp3) is 0.647. The summed E-state index contributed by atoms with van der Waals surface area (Å²) in [5.74, 6) is 0. The summed E-state index contributed by atoms with van der Waals surface area (Å²) in [6, 6.07) is 7.14. The Morgan fingerprint density at radius 2 is 1.41 bits per heavy atom. The Morgan fingerprint density at radius 1 is 0.882 bits per heavy atom. The van der Waals surface area contributed by atoms with Crippen molar-refractivity contribution in [3.05, 3.63) is 34.9 Å². The molecule has 2 rings (SSSR count). The second-order valence-electron chi connectivity index (χ2n) is 7.95. The highest BCUT2D eigenvalue weighted by Gasteiger charge is 2.42. The molecule has 0 spiro atoms. The van der Waals surface area contributed by atoms with Gasteiger partial charge in [-0.1, -0.05) is 66.7 Å². The quantitative estimate of drug-likeness (QED) is 0.592. The Hall–Kier alpha value is -0.780. The molecule has 0 saturated heterocycles. The van der Waals surface area contributed by atoms with Crippen molar-refractivity contribution < 1.29 is 0 Å². The van der Waals surface area contributed by atoms with Crippen LogP contribution < -0.4 is 0 Å². The molecule has 0 aliphatic heterocycles. The highest BCUT2D eigenvalue weighted by atomic mass is 14.5. The average molecular weight is 230 g/mol. The molecule has 0 amide bonds. The van der Waals surface area contributed by atoms with Gasteiger partial charge >= 0.3 is 0 Å². The van der Waals surface area contributed by atoms with Crippen molar-refractivity contribution in [2.45, 2.75) is 71.1 Å². The Kier molecular flexibility index (Phi) is 2.51. The van der Waals surface area contributed by atoms with Crippen molar-refractivity contribution in [2.75, 3.05) is 0 Å². The normalized spacial score (nSPS) is 21.4. The summed E-state index contributed by atoms with van der Waals surface area (Å²) in [7, 11) is 0. The fourth-order valence-electron chi connectivity index (χ4n) is 3.46. The van der Waals surface area contributed by atoms with Crippen molar-refractivity contribution >= 4 is 0 Å². The maximum Gasteiger partial charge on any atom is -0.00922 e. The second-order valence-corrected chi connectivity index (χ2v) is 7.95. The summed E-state index contributed by atoms with van der Waals surface area (Å²) >= 11 is 0. The zero-order valence-electron chi connectivity index (χ0n) is 12.4. The van der Waals surface area contributed by atoms with Crippen LogP contribution in [0.4, 0.5) is 0 Å². The number of hydrogen-bond donors (Lipinski definition) is 0. The lowest BCUT2D eigenvalue weighted by molar-refractivity contribution is 0.403. The lowest BCUT2D eigenvalue weighted by Crippen LogP contribution is -2.18. The molecule has 1 aromatic carbocycles. The molecule has 0 aromatic heterocycles. The highest BCUT2D eigenvalue weighted by molar-refractivity contribution is 5.47. The second kappa shape index (κ2) is 3.37. The van der Waals surface area contributed by atoms with E-state index in [4.69, 9.17) is 0 Å². The van der Waals surface area contributed by atoms with Crippen LogP contribution in [0.25, 0.3) is 0 Å². The fourth-order valence-corrected chi connectivity index (χ4v) is 3.46. The van der Waals surface area contributed by atoms with Crippen LogP contribution in [-0.2, 0) is 16.2 Å². The van der Waals surface area contributed by atoms with Gasteiger partial charge in [0.25, 0.3) is 0 Å². The molecule has 0 atom stereocenters. The molecule has 1 aliphatic carbocycles. The first-order valence-electron chi connectivity index (χ1n) is 6.70. The van der Waals surface area contributed by atoms with Gasteiger partial charge in [-0.2, -0.15) is 0 Å². The average Bonchev–Trinajstić information content (AvgIpc) is 2.31. The van der Waals surface area contributed by atoms with Gasteiger partial charge in [0.1, 0.15) is 0 Å². The molecule has 0 bridgehead atoms. The molecule has 0 saturated carbocycles. The summed E-state index contributed by atoms with van der Waals surface area (Å²) in [6.07, 6.45) is 1.25. The first-order chi connectivity index (χ1) is 7.54. The lowest BCUT2D eigenvalue weighted by Gasteiger charge is -2.24. The smallest absolute Gasteiger partial charge is 0.00922 e. The van der Waals surface area contributed by atoms with E-state index in [0.29, 0.717) is 10.8 Å². The van der Waals surface area contributed by atoms with E-state index in [9.17, 15) is 0 Å². The zero-order chi connectivity index (χ0) is 13.1. The maximum atomic E-state index is 2.45. The van der Waals surface area contributed by atoms with Crippen LogP contribution in [-0.4, -0.2) is 0 Å². The maximum absolute atomic E-state index is 2.45. The van der Waals surface area contributed by atoms with Crippen LogP contribution >= 0.6 is 0 Å². The number of benzene rings is 1. The van der Waals surface area contributed by atoms with E-state index in [0.717, 1.165) is 0 Å². The number of hydrogen-bond acceptors (Lipinski definition) is 0. The van der Waals surface area contributed by atoms with E-state index in [1.165, 1.54) is 12.0 Å². The van der Waals surface area contributed by atoms with E-state index in [1.807, 2.05) is 0 Å². The molecule has 17 heavy (non-hydrogen) atoms. The van der Waals surface area contributed by atoms with Crippen LogP contribution in [0.1, 0.15) is 71.6 Å². The minimum atomic E-state index is 0.248. The Labute approximate surface area is 106 Å². The summed E-state index contributed by atoms with van der Waals surface area (Å²) in [5, 5.41) is 0. The minimum absolute atomic E-state index is 0.248. The first kappa shape index (κ1) is 12.7. The molecule has 94 valence electrons. The lowest BCUT2D eigenvalue weighted by atomic mass is 9.81. The number of fused-ring (bicyclic) bond motifs is 1. The molecule has 1 aliphatic rings. The highest BCUT2D eigenvalue weighted by Crippen LogP contribution is 2.49. The van der Waals surface area contributed by atoms with Crippen molar-refractivity contribution in [1.29, 1.82) is 0 Å². The molecule has 0 unspecified atom stereocenters. The van der Waals surface area contributed by atoms with Gasteiger partial charge in [0.2, 0.25) is 0 Å². The molecule has 0 heteroatoms.